The van der Waals surface area contributed by atoms with Gasteiger partial charge < -0.3 is 20.3 Å². The largest absolute Gasteiger partial charge is 0.378 e. The van der Waals surface area contributed by atoms with Crippen LogP contribution in [0, 0.1) is 6.92 Å². The zero-order chi connectivity index (χ0) is 19.2. The summed E-state index contributed by atoms with van der Waals surface area (Å²) in [6, 6.07) is 9.01. The van der Waals surface area contributed by atoms with Crippen molar-refractivity contribution in [3.05, 3.63) is 52.1 Å². The molecule has 0 radical (unpaired) electrons. The number of anilines is 2. The number of halogens is 1. The van der Waals surface area contributed by atoms with Gasteiger partial charge >= 0.3 is 0 Å². The van der Waals surface area contributed by atoms with Gasteiger partial charge in [0, 0.05) is 29.4 Å². The number of nitrogens with one attached hydrogen (secondary N) is 2. The Bertz CT molecular complexity index is 837. The van der Waals surface area contributed by atoms with E-state index >= 15 is 0 Å². The van der Waals surface area contributed by atoms with Gasteiger partial charge in [0.25, 0.3) is 5.91 Å². The quantitative estimate of drug-likeness (QED) is 0.757. The maximum absolute atomic E-state index is 12.6. The number of ether oxygens (including phenoxy) is 1. The standard InChI is InChI=1S/C19H21BrN4O3/c1-13-11-14(20)4-5-16(13)23-17(25)12-22-19(26)15-3-2-6-21-18(15)24-7-9-27-10-8-24/h2-6,11H,7-10,12H2,1H3,(H,22,26)(H,23,25). The summed E-state index contributed by atoms with van der Waals surface area (Å²) >= 11 is 3.39. The molecule has 0 atom stereocenters. The first-order valence-electron chi connectivity index (χ1n) is 8.66. The lowest BCUT2D eigenvalue weighted by Gasteiger charge is -2.29. The van der Waals surface area contributed by atoms with Crippen molar-refractivity contribution in [2.45, 2.75) is 6.92 Å². The Kier molecular flexibility index (Phi) is 6.41. The molecule has 0 spiro atoms. The zero-order valence-electron chi connectivity index (χ0n) is 15.0. The molecule has 27 heavy (non-hydrogen) atoms. The van der Waals surface area contributed by atoms with Gasteiger partial charge in [-0.25, -0.2) is 4.98 Å². The molecule has 1 aromatic carbocycles. The number of aryl methyl sites for hydroxylation is 1. The number of amides is 2. The van der Waals surface area contributed by atoms with E-state index in [-0.39, 0.29) is 18.4 Å². The summed E-state index contributed by atoms with van der Waals surface area (Å²) in [5.41, 5.74) is 2.10. The predicted molar refractivity (Wildman–Crippen MR) is 107 cm³/mol. The van der Waals surface area contributed by atoms with E-state index in [1.165, 1.54) is 0 Å². The summed E-state index contributed by atoms with van der Waals surface area (Å²) < 4.78 is 6.29. The number of carbonyl (C=O) groups excluding carboxylic acids is 2. The van der Waals surface area contributed by atoms with Crippen molar-refractivity contribution in [1.29, 1.82) is 0 Å². The maximum Gasteiger partial charge on any atom is 0.255 e. The highest BCUT2D eigenvalue weighted by Gasteiger charge is 2.20. The Morgan fingerprint density at radius 1 is 1.26 bits per heavy atom. The lowest BCUT2D eigenvalue weighted by Crippen LogP contribution is -2.39. The second-order valence-electron chi connectivity index (χ2n) is 6.16. The van der Waals surface area contributed by atoms with Gasteiger partial charge in [-0.2, -0.15) is 0 Å². The smallest absolute Gasteiger partial charge is 0.255 e. The van der Waals surface area contributed by atoms with E-state index in [2.05, 4.69) is 31.5 Å². The molecule has 2 aromatic rings. The third-order valence-corrected chi connectivity index (χ3v) is 4.71. The summed E-state index contributed by atoms with van der Waals surface area (Å²) in [5.74, 6) is 0.000294. The molecular weight excluding hydrogens is 412 g/mol. The monoisotopic (exact) mass is 432 g/mol. The lowest BCUT2D eigenvalue weighted by atomic mass is 10.2. The Balaban J connectivity index is 1.61. The SMILES string of the molecule is Cc1cc(Br)ccc1NC(=O)CNC(=O)c1cccnc1N1CCOCC1. The number of rotatable bonds is 5. The molecule has 0 saturated carbocycles. The van der Waals surface area contributed by atoms with Crippen molar-refractivity contribution >= 4 is 39.2 Å². The molecule has 2 N–H and O–H groups in total. The zero-order valence-corrected chi connectivity index (χ0v) is 16.6. The number of benzene rings is 1. The molecule has 1 aromatic heterocycles. The maximum atomic E-state index is 12.6. The van der Waals surface area contributed by atoms with Crippen LogP contribution in [0.25, 0.3) is 0 Å². The number of hydrogen-bond donors (Lipinski definition) is 2. The Hall–Kier alpha value is -2.45. The predicted octanol–water partition coefficient (Wildman–Crippen LogP) is 2.36. The second kappa shape index (κ2) is 8.96. The highest BCUT2D eigenvalue weighted by molar-refractivity contribution is 9.10. The van der Waals surface area contributed by atoms with E-state index in [0.717, 1.165) is 10.0 Å². The summed E-state index contributed by atoms with van der Waals surface area (Å²) in [4.78, 5) is 31.1. The summed E-state index contributed by atoms with van der Waals surface area (Å²) in [6.07, 6.45) is 1.66. The fraction of sp³-hybridized carbons (Fsp3) is 0.316. The summed E-state index contributed by atoms with van der Waals surface area (Å²) in [6.45, 7) is 4.36. The van der Waals surface area contributed by atoms with Gasteiger partial charge in [0.1, 0.15) is 5.82 Å². The Morgan fingerprint density at radius 2 is 2.04 bits per heavy atom. The van der Waals surface area contributed by atoms with Crippen molar-refractivity contribution in [3.63, 3.8) is 0 Å². The van der Waals surface area contributed by atoms with Crippen molar-refractivity contribution in [2.24, 2.45) is 0 Å². The summed E-state index contributed by atoms with van der Waals surface area (Å²) in [7, 11) is 0. The topological polar surface area (TPSA) is 83.6 Å². The van der Waals surface area contributed by atoms with E-state index in [0.29, 0.717) is 43.4 Å². The average Bonchev–Trinajstić information content (AvgIpc) is 2.69. The van der Waals surface area contributed by atoms with E-state index in [9.17, 15) is 9.59 Å². The first-order valence-corrected chi connectivity index (χ1v) is 9.46. The number of morpholine rings is 1. The number of aromatic nitrogens is 1. The molecule has 8 heteroatoms. The van der Waals surface area contributed by atoms with Gasteiger partial charge in [0.15, 0.2) is 0 Å². The van der Waals surface area contributed by atoms with Crippen molar-refractivity contribution in [1.82, 2.24) is 10.3 Å². The van der Waals surface area contributed by atoms with E-state index in [4.69, 9.17) is 4.74 Å². The first-order chi connectivity index (χ1) is 13.0. The molecule has 0 bridgehead atoms. The Labute approximate surface area is 166 Å². The molecule has 1 fully saturated rings. The fourth-order valence-corrected chi connectivity index (χ4v) is 3.29. The molecule has 7 nitrogen and oxygen atoms in total. The molecule has 2 amide bonds. The molecule has 3 rings (SSSR count). The van der Waals surface area contributed by atoms with Gasteiger partial charge in [-0.05, 0) is 42.8 Å². The number of nitrogens with zero attached hydrogens (tertiary/aromatic N) is 2. The molecule has 1 aliphatic heterocycles. The molecule has 1 aliphatic rings. The van der Waals surface area contributed by atoms with Crippen LogP contribution in [-0.4, -0.2) is 49.6 Å². The minimum absolute atomic E-state index is 0.119. The van der Waals surface area contributed by atoms with Crippen LogP contribution in [0.5, 0.6) is 0 Å². The van der Waals surface area contributed by atoms with Crippen LogP contribution in [0.4, 0.5) is 11.5 Å². The van der Waals surface area contributed by atoms with Crippen LogP contribution in [0.3, 0.4) is 0 Å². The van der Waals surface area contributed by atoms with Crippen LogP contribution < -0.4 is 15.5 Å². The summed E-state index contributed by atoms with van der Waals surface area (Å²) in [5, 5.41) is 5.48. The van der Waals surface area contributed by atoms with Crippen LogP contribution in [0.1, 0.15) is 15.9 Å². The van der Waals surface area contributed by atoms with Crippen LogP contribution >= 0.6 is 15.9 Å². The molecule has 0 unspecified atom stereocenters. The highest BCUT2D eigenvalue weighted by Crippen LogP contribution is 2.20. The Morgan fingerprint density at radius 3 is 2.78 bits per heavy atom. The van der Waals surface area contributed by atoms with Crippen molar-refractivity contribution in [3.8, 4) is 0 Å². The van der Waals surface area contributed by atoms with Gasteiger partial charge in [0.2, 0.25) is 5.91 Å². The normalized spacial score (nSPS) is 13.9. The van der Waals surface area contributed by atoms with Crippen LogP contribution in [-0.2, 0) is 9.53 Å². The molecule has 142 valence electrons. The van der Waals surface area contributed by atoms with Gasteiger partial charge in [0.05, 0.1) is 25.3 Å². The fourth-order valence-electron chi connectivity index (χ4n) is 2.82. The molecule has 2 heterocycles. The van der Waals surface area contributed by atoms with Crippen molar-refractivity contribution < 1.29 is 14.3 Å². The number of hydrogen-bond acceptors (Lipinski definition) is 5. The first kappa shape index (κ1) is 19.3. The van der Waals surface area contributed by atoms with Gasteiger partial charge in [-0.15, -0.1) is 0 Å². The second-order valence-corrected chi connectivity index (χ2v) is 7.08. The van der Waals surface area contributed by atoms with Gasteiger partial charge in [-0.1, -0.05) is 15.9 Å². The van der Waals surface area contributed by atoms with Crippen LogP contribution in [0.15, 0.2) is 41.0 Å². The third-order valence-electron chi connectivity index (χ3n) is 4.21. The molecule has 1 saturated heterocycles. The van der Waals surface area contributed by atoms with Crippen molar-refractivity contribution in [2.75, 3.05) is 43.1 Å². The van der Waals surface area contributed by atoms with E-state index < -0.39 is 0 Å². The van der Waals surface area contributed by atoms with E-state index in [1.54, 1.807) is 18.3 Å². The lowest BCUT2D eigenvalue weighted by molar-refractivity contribution is -0.115. The molecular formula is C19H21BrN4O3. The minimum Gasteiger partial charge on any atom is -0.378 e. The molecule has 0 aliphatic carbocycles. The van der Waals surface area contributed by atoms with Crippen LogP contribution in [0.2, 0.25) is 0 Å². The average molecular weight is 433 g/mol. The third kappa shape index (κ3) is 5.05. The number of carbonyl (C=O) groups is 2. The van der Waals surface area contributed by atoms with Gasteiger partial charge in [-0.3, -0.25) is 9.59 Å². The highest BCUT2D eigenvalue weighted by atomic mass is 79.9. The minimum atomic E-state index is -0.327. The number of pyridine rings is 1. The van der Waals surface area contributed by atoms with E-state index in [1.807, 2.05) is 30.0 Å².